The minimum absolute atomic E-state index is 0.0577. The van der Waals surface area contributed by atoms with Crippen molar-refractivity contribution in [3.8, 4) is 0 Å². The number of morpholine rings is 1. The molecule has 1 unspecified atom stereocenters. The van der Waals surface area contributed by atoms with E-state index >= 15 is 0 Å². The Kier molecular flexibility index (Phi) is 4.35. The van der Waals surface area contributed by atoms with Crippen molar-refractivity contribution in [2.45, 2.75) is 39.4 Å². The summed E-state index contributed by atoms with van der Waals surface area (Å²) in [5.41, 5.74) is -0.0577. The number of likely N-dealkylation sites (N-methyl/N-ethyl adjacent to an activating group) is 1. The van der Waals surface area contributed by atoms with Crippen LogP contribution in [0.25, 0.3) is 0 Å². The summed E-state index contributed by atoms with van der Waals surface area (Å²) in [7, 11) is 0. The Labute approximate surface area is 87.4 Å². The molecule has 0 aromatic rings. The molecule has 0 saturated carbocycles. The van der Waals surface area contributed by atoms with E-state index in [0.717, 1.165) is 26.2 Å². The second-order valence-corrected chi connectivity index (χ2v) is 4.81. The molecule has 1 heterocycles. The fraction of sp³-hybridized carbons (Fsp3) is 1.00. The first-order valence-corrected chi connectivity index (χ1v) is 5.49. The Morgan fingerprint density at radius 2 is 2.14 bits per heavy atom. The summed E-state index contributed by atoms with van der Waals surface area (Å²) in [5, 5.41) is 0. The topological polar surface area (TPSA) is 21.7 Å². The van der Waals surface area contributed by atoms with E-state index in [1.54, 1.807) is 0 Å². The largest absolute Gasteiger partial charge is 0.373 e. The smallest absolute Gasteiger partial charge is 0.0935 e. The average Bonchev–Trinajstić information content (AvgIpc) is 2.14. The third-order valence-electron chi connectivity index (χ3n) is 2.37. The van der Waals surface area contributed by atoms with Gasteiger partial charge >= 0.3 is 0 Å². The minimum atomic E-state index is -0.0577. The van der Waals surface area contributed by atoms with Gasteiger partial charge in [0.15, 0.2) is 0 Å². The first-order chi connectivity index (χ1) is 6.51. The molecule has 1 aliphatic heterocycles. The van der Waals surface area contributed by atoms with E-state index in [2.05, 4.69) is 32.6 Å². The van der Waals surface area contributed by atoms with Crippen LogP contribution in [0, 0.1) is 0 Å². The SMILES string of the molecule is CCN1CCOC(COC(C)(C)C)C1. The van der Waals surface area contributed by atoms with Crippen molar-refractivity contribution >= 4 is 0 Å². The molecule has 0 spiro atoms. The molecule has 1 rings (SSSR count). The predicted molar refractivity (Wildman–Crippen MR) is 57.6 cm³/mol. The normalized spacial score (nSPS) is 25.3. The lowest BCUT2D eigenvalue weighted by Crippen LogP contribution is -2.45. The zero-order chi connectivity index (χ0) is 10.6. The lowest BCUT2D eigenvalue weighted by Gasteiger charge is -2.33. The van der Waals surface area contributed by atoms with E-state index in [4.69, 9.17) is 9.47 Å². The molecule has 1 fully saturated rings. The van der Waals surface area contributed by atoms with Crippen LogP contribution < -0.4 is 0 Å². The Balaban J connectivity index is 2.24. The van der Waals surface area contributed by atoms with Gasteiger partial charge in [-0.2, -0.15) is 0 Å². The average molecular weight is 201 g/mol. The molecule has 0 amide bonds. The maximum Gasteiger partial charge on any atom is 0.0935 e. The third-order valence-corrected chi connectivity index (χ3v) is 2.37. The van der Waals surface area contributed by atoms with Crippen LogP contribution in [0.5, 0.6) is 0 Å². The molecule has 14 heavy (non-hydrogen) atoms. The fourth-order valence-corrected chi connectivity index (χ4v) is 1.51. The standard InChI is InChI=1S/C11H23NO2/c1-5-12-6-7-13-10(8-12)9-14-11(2,3)4/h10H,5-9H2,1-4H3. The van der Waals surface area contributed by atoms with Crippen molar-refractivity contribution in [3.63, 3.8) is 0 Å². The van der Waals surface area contributed by atoms with Gasteiger partial charge < -0.3 is 9.47 Å². The second-order valence-electron chi connectivity index (χ2n) is 4.81. The van der Waals surface area contributed by atoms with Gasteiger partial charge in [-0.05, 0) is 27.3 Å². The van der Waals surface area contributed by atoms with Crippen molar-refractivity contribution in [2.24, 2.45) is 0 Å². The lowest BCUT2D eigenvalue weighted by molar-refractivity contribution is -0.102. The van der Waals surface area contributed by atoms with Crippen LogP contribution in [0.1, 0.15) is 27.7 Å². The van der Waals surface area contributed by atoms with Crippen LogP contribution in [0.2, 0.25) is 0 Å². The molecule has 1 atom stereocenters. The summed E-state index contributed by atoms with van der Waals surface area (Å²) < 4.78 is 11.3. The molecule has 1 saturated heterocycles. The summed E-state index contributed by atoms with van der Waals surface area (Å²) in [5.74, 6) is 0. The van der Waals surface area contributed by atoms with Crippen molar-refractivity contribution in [1.82, 2.24) is 4.90 Å². The summed E-state index contributed by atoms with van der Waals surface area (Å²) in [4.78, 5) is 2.40. The third kappa shape index (κ3) is 4.40. The van der Waals surface area contributed by atoms with Crippen molar-refractivity contribution in [2.75, 3.05) is 32.8 Å². The van der Waals surface area contributed by atoms with Gasteiger partial charge in [0.25, 0.3) is 0 Å². The number of hydrogen-bond donors (Lipinski definition) is 0. The lowest BCUT2D eigenvalue weighted by atomic mass is 10.2. The van der Waals surface area contributed by atoms with E-state index in [0.29, 0.717) is 6.61 Å². The monoisotopic (exact) mass is 201 g/mol. The fourth-order valence-electron chi connectivity index (χ4n) is 1.51. The van der Waals surface area contributed by atoms with Crippen LogP contribution in [-0.2, 0) is 9.47 Å². The van der Waals surface area contributed by atoms with Crippen LogP contribution in [0.3, 0.4) is 0 Å². The molecule has 0 bridgehead atoms. The van der Waals surface area contributed by atoms with E-state index in [1.165, 1.54) is 0 Å². The van der Waals surface area contributed by atoms with Crippen molar-refractivity contribution in [3.05, 3.63) is 0 Å². The van der Waals surface area contributed by atoms with E-state index in [-0.39, 0.29) is 11.7 Å². The molecule has 0 aliphatic carbocycles. The zero-order valence-electron chi connectivity index (χ0n) is 9.88. The van der Waals surface area contributed by atoms with Gasteiger partial charge in [-0.15, -0.1) is 0 Å². The maximum absolute atomic E-state index is 5.71. The number of nitrogens with zero attached hydrogens (tertiary/aromatic N) is 1. The van der Waals surface area contributed by atoms with Gasteiger partial charge in [0, 0.05) is 13.1 Å². The van der Waals surface area contributed by atoms with Crippen LogP contribution in [0.4, 0.5) is 0 Å². The highest BCUT2D eigenvalue weighted by Crippen LogP contribution is 2.11. The van der Waals surface area contributed by atoms with Crippen molar-refractivity contribution < 1.29 is 9.47 Å². The molecule has 3 nitrogen and oxygen atoms in total. The molecular formula is C11H23NO2. The van der Waals surface area contributed by atoms with Crippen LogP contribution in [-0.4, -0.2) is 49.5 Å². The van der Waals surface area contributed by atoms with Gasteiger partial charge in [-0.25, -0.2) is 0 Å². The molecule has 1 aliphatic rings. The van der Waals surface area contributed by atoms with Crippen molar-refractivity contribution in [1.29, 1.82) is 0 Å². The number of rotatable bonds is 3. The minimum Gasteiger partial charge on any atom is -0.373 e. The Bertz CT molecular complexity index is 165. The molecular weight excluding hydrogens is 178 g/mol. The van der Waals surface area contributed by atoms with Crippen LogP contribution >= 0.6 is 0 Å². The van der Waals surface area contributed by atoms with Gasteiger partial charge in [-0.3, -0.25) is 4.90 Å². The first-order valence-electron chi connectivity index (χ1n) is 5.49. The highest BCUT2D eigenvalue weighted by atomic mass is 16.5. The predicted octanol–water partition coefficient (Wildman–Crippen LogP) is 1.52. The Morgan fingerprint density at radius 3 is 2.71 bits per heavy atom. The summed E-state index contributed by atoms with van der Waals surface area (Å²) >= 11 is 0. The second kappa shape index (κ2) is 5.10. The molecule has 0 aromatic carbocycles. The molecule has 0 radical (unpaired) electrons. The first kappa shape index (κ1) is 12.0. The Morgan fingerprint density at radius 1 is 1.43 bits per heavy atom. The molecule has 0 aromatic heterocycles. The number of ether oxygens (including phenoxy) is 2. The highest BCUT2D eigenvalue weighted by Gasteiger charge is 2.21. The van der Waals surface area contributed by atoms with Gasteiger partial charge in [0.05, 0.1) is 24.9 Å². The number of hydrogen-bond acceptors (Lipinski definition) is 3. The molecule has 84 valence electrons. The van der Waals surface area contributed by atoms with E-state index in [1.807, 2.05) is 0 Å². The highest BCUT2D eigenvalue weighted by molar-refractivity contribution is 4.71. The van der Waals surface area contributed by atoms with Crippen LogP contribution in [0.15, 0.2) is 0 Å². The van der Waals surface area contributed by atoms with Gasteiger partial charge in [0.1, 0.15) is 0 Å². The van der Waals surface area contributed by atoms with Gasteiger partial charge in [0.2, 0.25) is 0 Å². The van der Waals surface area contributed by atoms with E-state index in [9.17, 15) is 0 Å². The molecule has 3 heteroatoms. The van der Waals surface area contributed by atoms with E-state index < -0.39 is 0 Å². The maximum atomic E-state index is 5.71. The zero-order valence-corrected chi connectivity index (χ0v) is 9.88. The molecule has 0 N–H and O–H groups in total. The summed E-state index contributed by atoms with van der Waals surface area (Å²) in [6, 6.07) is 0. The summed E-state index contributed by atoms with van der Waals surface area (Å²) in [6.45, 7) is 13.1. The summed E-state index contributed by atoms with van der Waals surface area (Å²) in [6.07, 6.45) is 0.253. The Hall–Kier alpha value is -0.120. The van der Waals surface area contributed by atoms with Gasteiger partial charge in [-0.1, -0.05) is 6.92 Å². The quantitative estimate of drug-likeness (QED) is 0.691.